The van der Waals surface area contributed by atoms with E-state index in [1.54, 1.807) is 24.3 Å². The summed E-state index contributed by atoms with van der Waals surface area (Å²) in [4.78, 5) is 12.4. The van der Waals surface area contributed by atoms with Crippen molar-refractivity contribution in [1.29, 1.82) is 0 Å². The van der Waals surface area contributed by atoms with Crippen LogP contribution in [-0.4, -0.2) is 21.3 Å². The summed E-state index contributed by atoms with van der Waals surface area (Å²) >= 11 is 0. The highest BCUT2D eigenvalue weighted by atomic mass is 19.1. The number of hydrazone groups is 1. The van der Waals surface area contributed by atoms with Crippen molar-refractivity contribution in [2.75, 3.05) is 0 Å². The quantitative estimate of drug-likeness (QED) is 0.213. The molecule has 0 spiro atoms. The minimum Gasteiger partial charge on any atom is -0.486 e. The number of hydrogen-bond donors (Lipinski definition) is 1. The number of ether oxygens (including phenoxy) is 1. The van der Waals surface area contributed by atoms with E-state index in [1.807, 2.05) is 47.2 Å². The van der Waals surface area contributed by atoms with E-state index in [1.165, 1.54) is 29.7 Å². The maximum absolute atomic E-state index is 13.2. The number of nitrogens with one attached hydrogen (secondary N) is 1. The predicted octanol–water partition coefficient (Wildman–Crippen LogP) is 5.96. The van der Waals surface area contributed by atoms with Crippen molar-refractivity contribution in [2.45, 2.75) is 20.5 Å². The van der Waals surface area contributed by atoms with Gasteiger partial charge in [-0.15, -0.1) is 0 Å². The van der Waals surface area contributed by atoms with Gasteiger partial charge in [-0.1, -0.05) is 0 Å². The molecule has 0 atom stereocenters. The molecular formula is C29H25FN4O3. The van der Waals surface area contributed by atoms with Crippen LogP contribution in [0.15, 0.2) is 101 Å². The molecule has 0 saturated heterocycles. The van der Waals surface area contributed by atoms with E-state index < -0.39 is 5.91 Å². The average Bonchev–Trinajstić information content (AvgIpc) is 3.64. The summed E-state index contributed by atoms with van der Waals surface area (Å²) < 4.78 is 28.6. The number of halogens is 1. The van der Waals surface area contributed by atoms with Crippen molar-refractivity contribution >= 4 is 12.1 Å². The van der Waals surface area contributed by atoms with Crippen LogP contribution in [0.1, 0.15) is 33.4 Å². The molecule has 0 aliphatic carbocycles. The maximum Gasteiger partial charge on any atom is 0.307 e. The fourth-order valence-corrected chi connectivity index (χ4v) is 4.05. The first kappa shape index (κ1) is 23.9. The Kier molecular flexibility index (Phi) is 6.72. The Morgan fingerprint density at radius 3 is 2.38 bits per heavy atom. The van der Waals surface area contributed by atoms with E-state index in [4.69, 9.17) is 9.15 Å². The molecule has 3 heterocycles. The van der Waals surface area contributed by atoms with Gasteiger partial charge in [0, 0.05) is 29.0 Å². The number of nitrogens with zero attached hydrogens (tertiary/aromatic N) is 3. The largest absolute Gasteiger partial charge is 0.486 e. The van der Waals surface area contributed by atoms with Crippen molar-refractivity contribution in [3.05, 3.63) is 126 Å². The second kappa shape index (κ2) is 10.4. The monoisotopic (exact) mass is 496 g/mol. The Hall–Kier alpha value is -4.85. The van der Waals surface area contributed by atoms with Gasteiger partial charge in [0.05, 0.1) is 11.9 Å². The Morgan fingerprint density at radius 1 is 0.946 bits per heavy atom. The van der Waals surface area contributed by atoms with Gasteiger partial charge in [-0.25, -0.2) is 9.82 Å². The van der Waals surface area contributed by atoms with E-state index in [2.05, 4.69) is 41.1 Å². The Morgan fingerprint density at radius 2 is 1.65 bits per heavy atom. The lowest BCUT2D eigenvalue weighted by Gasteiger charge is -2.10. The second-order valence-corrected chi connectivity index (χ2v) is 8.48. The van der Waals surface area contributed by atoms with Crippen molar-refractivity contribution in [3.8, 4) is 17.1 Å². The van der Waals surface area contributed by atoms with Gasteiger partial charge < -0.3 is 18.3 Å². The molecule has 0 unspecified atom stereocenters. The van der Waals surface area contributed by atoms with Crippen LogP contribution in [0.25, 0.3) is 11.4 Å². The molecule has 0 aliphatic rings. The SMILES string of the molecule is Cc1ccc(C)n1-c1ccc(OCc2ccc(C(=O)N/N=C/c3cccn3-c3ccc(F)cc3)o2)cc1. The summed E-state index contributed by atoms with van der Waals surface area (Å²) in [6.45, 7) is 4.32. The van der Waals surface area contributed by atoms with Crippen LogP contribution in [0.5, 0.6) is 5.75 Å². The molecule has 0 radical (unpaired) electrons. The number of rotatable bonds is 8. The van der Waals surface area contributed by atoms with E-state index in [0.717, 1.165) is 11.4 Å². The van der Waals surface area contributed by atoms with Gasteiger partial charge in [0.25, 0.3) is 0 Å². The molecule has 2 aromatic carbocycles. The fourth-order valence-electron chi connectivity index (χ4n) is 4.05. The summed E-state index contributed by atoms with van der Waals surface area (Å²) in [5.41, 5.74) is 7.35. The molecular weight excluding hydrogens is 471 g/mol. The Labute approximate surface area is 213 Å². The van der Waals surface area contributed by atoms with Gasteiger partial charge in [0.1, 0.15) is 23.9 Å². The summed E-state index contributed by atoms with van der Waals surface area (Å²) in [6.07, 6.45) is 3.33. The van der Waals surface area contributed by atoms with E-state index in [-0.39, 0.29) is 18.2 Å². The number of aromatic nitrogens is 2. The third-order valence-electron chi connectivity index (χ3n) is 5.88. The van der Waals surface area contributed by atoms with Gasteiger partial charge in [-0.2, -0.15) is 5.10 Å². The standard InChI is InChI=1S/C29H25FN4O3/c1-20-5-6-21(2)34(20)24-11-13-26(14-12-24)36-19-27-15-16-28(37-27)29(35)32-31-18-25-4-3-17-33(25)23-9-7-22(30)8-10-23/h3-18H,19H2,1-2H3,(H,32,35)/b31-18+. The van der Waals surface area contributed by atoms with Crippen molar-refractivity contribution in [2.24, 2.45) is 5.10 Å². The van der Waals surface area contributed by atoms with E-state index in [0.29, 0.717) is 17.2 Å². The first-order chi connectivity index (χ1) is 18.0. The van der Waals surface area contributed by atoms with Crippen LogP contribution in [0, 0.1) is 19.7 Å². The molecule has 1 N–H and O–H groups in total. The number of amides is 1. The zero-order valence-electron chi connectivity index (χ0n) is 20.4. The van der Waals surface area contributed by atoms with Gasteiger partial charge in [0.2, 0.25) is 0 Å². The Bertz CT molecular complexity index is 1520. The molecule has 5 rings (SSSR count). The summed E-state index contributed by atoms with van der Waals surface area (Å²) in [5, 5.41) is 4.03. The summed E-state index contributed by atoms with van der Waals surface area (Å²) in [5.74, 6) is 0.545. The van der Waals surface area contributed by atoms with Crippen LogP contribution >= 0.6 is 0 Å². The molecule has 0 bridgehead atoms. The number of carbonyl (C=O) groups is 1. The second-order valence-electron chi connectivity index (χ2n) is 8.48. The first-order valence-corrected chi connectivity index (χ1v) is 11.7. The first-order valence-electron chi connectivity index (χ1n) is 11.7. The number of hydrogen-bond acceptors (Lipinski definition) is 4. The fraction of sp³-hybridized carbons (Fsp3) is 0.103. The molecule has 5 aromatic rings. The van der Waals surface area contributed by atoms with Gasteiger partial charge >= 0.3 is 5.91 Å². The molecule has 3 aromatic heterocycles. The molecule has 186 valence electrons. The van der Waals surface area contributed by atoms with Crippen LogP contribution < -0.4 is 10.2 Å². The van der Waals surface area contributed by atoms with Crippen LogP contribution in [0.2, 0.25) is 0 Å². The highest BCUT2D eigenvalue weighted by Crippen LogP contribution is 2.21. The highest BCUT2D eigenvalue weighted by Gasteiger charge is 2.11. The third-order valence-corrected chi connectivity index (χ3v) is 5.88. The van der Waals surface area contributed by atoms with Crippen molar-refractivity contribution in [1.82, 2.24) is 14.6 Å². The number of aryl methyl sites for hydroxylation is 2. The average molecular weight is 497 g/mol. The zero-order valence-corrected chi connectivity index (χ0v) is 20.4. The minimum absolute atomic E-state index is 0.124. The van der Waals surface area contributed by atoms with Crippen molar-refractivity contribution < 1.29 is 18.3 Å². The molecule has 0 saturated carbocycles. The van der Waals surface area contributed by atoms with Crippen molar-refractivity contribution in [3.63, 3.8) is 0 Å². The predicted molar refractivity (Wildman–Crippen MR) is 139 cm³/mol. The van der Waals surface area contributed by atoms with Gasteiger partial charge in [-0.3, -0.25) is 4.79 Å². The zero-order chi connectivity index (χ0) is 25.8. The number of benzene rings is 2. The lowest BCUT2D eigenvalue weighted by Crippen LogP contribution is -2.17. The molecule has 1 amide bonds. The maximum atomic E-state index is 13.2. The van der Waals surface area contributed by atoms with Crippen LogP contribution in [-0.2, 0) is 6.61 Å². The van der Waals surface area contributed by atoms with Gasteiger partial charge in [-0.05, 0) is 98.8 Å². The highest BCUT2D eigenvalue weighted by molar-refractivity contribution is 5.92. The summed E-state index contributed by atoms with van der Waals surface area (Å²) in [7, 11) is 0. The van der Waals surface area contributed by atoms with E-state index >= 15 is 0 Å². The van der Waals surface area contributed by atoms with Gasteiger partial charge in [0.15, 0.2) is 5.76 Å². The lowest BCUT2D eigenvalue weighted by atomic mass is 10.3. The third kappa shape index (κ3) is 5.38. The smallest absolute Gasteiger partial charge is 0.307 e. The normalized spacial score (nSPS) is 11.2. The van der Waals surface area contributed by atoms with Crippen LogP contribution in [0.4, 0.5) is 4.39 Å². The minimum atomic E-state index is -0.482. The molecule has 8 heteroatoms. The number of carbonyl (C=O) groups excluding carboxylic acids is 1. The number of furan rings is 1. The summed E-state index contributed by atoms with van der Waals surface area (Å²) in [6, 6.07) is 25.0. The topological polar surface area (TPSA) is 73.7 Å². The lowest BCUT2D eigenvalue weighted by molar-refractivity contribution is 0.0923. The molecule has 37 heavy (non-hydrogen) atoms. The molecule has 0 fully saturated rings. The van der Waals surface area contributed by atoms with Crippen LogP contribution in [0.3, 0.4) is 0 Å². The van der Waals surface area contributed by atoms with E-state index in [9.17, 15) is 9.18 Å². The molecule has 7 nitrogen and oxygen atoms in total. The Balaban J connectivity index is 1.16. The molecule has 0 aliphatic heterocycles.